The van der Waals surface area contributed by atoms with Gasteiger partial charge in [-0.3, -0.25) is 0 Å². The van der Waals surface area contributed by atoms with Crippen LogP contribution in [-0.4, -0.2) is 71.0 Å². The number of benzene rings is 2. The van der Waals surface area contributed by atoms with Crippen LogP contribution in [0.1, 0.15) is 42.6 Å². The number of hydrazone groups is 1. The zero-order valence-electron chi connectivity index (χ0n) is 21.7. The summed E-state index contributed by atoms with van der Waals surface area (Å²) in [4.78, 5) is 15.9. The molecule has 0 bridgehead atoms. The van der Waals surface area contributed by atoms with E-state index in [1.807, 2.05) is 50.5 Å². The third kappa shape index (κ3) is 5.94. The maximum absolute atomic E-state index is 7.57. The van der Waals surface area contributed by atoms with E-state index in [4.69, 9.17) is 15.5 Å². The molecule has 0 atom stereocenters. The van der Waals surface area contributed by atoms with E-state index in [1.165, 1.54) is 37.9 Å². The van der Waals surface area contributed by atoms with Gasteiger partial charge < -0.3 is 20.2 Å². The van der Waals surface area contributed by atoms with Crippen molar-refractivity contribution in [2.24, 2.45) is 10.2 Å². The Bertz CT molecular complexity index is 1390. The summed E-state index contributed by atoms with van der Waals surface area (Å²) < 4.78 is 0. The molecule has 0 radical (unpaired) electrons. The van der Waals surface area contributed by atoms with Crippen molar-refractivity contribution in [2.45, 2.75) is 32.1 Å². The molecule has 1 fully saturated rings. The highest BCUT2D eigenvalue weighted by Crippen LogP contribution is 2.31. The molecule has 37 heavy (non-hydrogen) atoms. The van der Waals surface area contributed by atoms with Gasteiger partial charge in [-0.25, -0.2) is 15.5 Å². The van der Waals surface area contributed by atoms with Gasteiger partial charge in [0.05, 0.1) is 5.39 Å². The van der Waals surface area contributed by atoms with Crippen LogP contribution in [0.25, 0.3) is 21.9 Å². The first kappa shape index (κ1) is 24.8. The van der Waals surface area contributed by atoms with Gasteiger partial charge in [-0.05, 0) is 50.5 Å². The Labute approximate surface area is 217 Å². The normalized spacial score (nSPS) is 14.8. The van der Waals surface area contributed by atoms with Crippen molar-refractivity contribution in [3.8, 4) is 0 Å². The standard InChI is InChI=1S/C28H35N9/c1-36(2)35-26(34-29)21-12-13-22-23(19-21)31-28-25(22)27(30-14-9-17-37-15-7-4-8-16-37)32-24(33-28)18-20-10-5-3-6-11-20/h3,5-6,10-13,19,29H,4,7-9,14-18H2,1-2H3,(H2,30,31,32,33)/b34-29?,35-26-. The number of likely N-dealkylation sites (tertiary alicyclic amines) is 1. The van der Waals surface area contributed by atoms with E-state index < -0.39 is 0 Å². The van der Waals surface area contributed by atoms with Gasteiger partial charge in [-0.15, -0.1) is 5.11 Å². The van der Waals surface area contributed by atoms with E-state index >= 15 is 0 Å². The molecule has 1 aliphatic heterocycles. The van der Waals surface area contributed by atoms with Crippen LogP contribution in [0, 0.1) is 5.53 Å². The third-order valence-electron chi connectivity index (χ3n) is 6.75. The van der Waals surface area contributed by atoms with E-state index in [9.17, 15) is 0 Å². The smallest absolute Gasteiger partial charge is 0.200 e. The summed E-state index contributed by atoms with van der Waals surface area (Å²) in [6.07, 6.45) is 5.72. The molecule has 0 amide bonds. The minimum absolute atomic E-state index is 0.359. The van der Waals surface area contributed by atoms with Gasteiger partial charge in [0.15, 0.2) is 5.84 Å². The number of nitrogens with zero attached hydrogens (tertiary/aromatic N) is 6. The molecule has 3 heterocycles. The van der Waals surface area contributed by atoms with Crippen LogP contribution in [0.4, 0.5) is 5.82 Å². The van der Waals surface area contributed by atoms with E-state index in [-0.39, 0.29) is 0 Å². The molecule has 9 heteroatoms. The highest BCUT2D eigenvalue weighted by molar-refractivity contribution is 6.13. The Balaban J connectivity index is 1.47. The lowest BCUT2D eigenvalue weighted by Gasteiger charge is -2.26. The first-order valence-corrected chi connectivity index (χ1v) is 13.1. The van der Waals surface area contributed by atoms with Gasteiger partial charge in [0.2, 0.25) is 0 Å². The third-order valence-corrected chi connectivity index (χ3v) is 6.75. The molecule has 4 aromatic rings. The fourth-order valence-electron chi connectivity index (χ4n) is 5.00. The first-order valence-electron chi connectivity index (χ1n) is 13.1. The number of aromatic amines is 1. The zero-order valence-corrected chi connectivity index (χ0v) is 21.7. The highest BCUT2D eigenvalue weighted by Gasteiger charge is 2.16. The Morgan fingerprint density at radius 1 is 1.08 bits per heavy atom. The van der Waals surface area contributed by atoms with E-state index in [0.29, 0.717) is 12.3 Å². The summed E-state index contributed by atoms with van der Waals surface area (Å²) in [6.45, 7) is 4.40. The lowest BCUT2D eigenvalue weighted by atomic mass is 10.1. The Kier molecular flexibility index (Phi) is 7.70. The first-order chi connectivity index (χ1) is 18.1. The summed E-state index contributed by atoms with van der Waals surface area (Å²) in [5.74, 6) is 2.00. The fourth-order valence-corrected chi connectivity index (χ4v) is 5.00. The van der Waals surface area contributed by atoms with Gasteiger partial charge in [-0.2, -0.15) is 5.10 Å². The summed E-state index contributed by atoms with van der Waals surface area (Å²) in [7, 11) is 3.64. The van der Waals surface area contributed by atoms with E-state index in [0.717, 1.165) is 58.7 Å². The molecule has 0 aliphatic carbocycles. The van der Waals surface area contributed by atoms with Gasteiger partial charge in [0, 0.05) is 43.5 Å². The molecule has 0 spiro atoms. The van der Waals surface area contributed by atoms with Crippen molar-refractivity contribution in [3.05, 3.63) is 65.5 Å². The maximum atomic E-state index is 7.57. The minimum atomic E-state index is 0.359. The van der Waals surface area contributed by atoms with Crippen molar-refractivity contribution >= 4 is 33.6 Å². The van der Waals surface area contributed by atoms with Crippen molar-refractivity contribution < 1.29 is 0 Å². The van der Waals surface area contributed by atoms with Gasteiger partial charge in [0.25, 0.3) is 0 Å². The zero-order chi connectivity index (χ0) is 25.6. The number of piperidine rings is 1. The number of rotatable bonds is 9. The molecule has 5 rings (SSSR count). The lowest BCUT2D eigenvalue weighted by molar-refractivity contribution is 0.228. The molecule has 192 valence electrons. The molecule has 3 N–H and O–H groups in total. The molecular formula is C28H35N9. The SMILES string of the molecule is CN(C)/N=C(\N=N)c1ccc2c(c1)[nH]c1nc(Cc3ccccc3)nc(NCCCN3CCCCC3)c12. The largest absolute Gasteiger partial charge is 0.369 e. The van der Waals surface area contributed by atoms with Gasteiger partial charge in [0.1, 0.15) is 17.3 Å². The summed E-state index contributed by atoms with van der Waals surface area (Å²) in [5.41, 5.74) is 11.2. The summed E-state index contributed by atoms with van der Waals surface area (Å²) >= 11 is 0. The fraction of sp³-hybridized carbons (Fsp3) is 0.393. The number of H-pyrrole nitrogens is 1. The second kappa shape index (κ2) is 11.5. The topological polar surface area (TPSA) is 109 Å². The van der Waals surface area contributed by atoms with Crippen LogP contribution >= 0.6 is 0 Å². The van der Waals surface area contributed by atoms with Crippen molar-refractivity contribution in [3.63, 3.8) is 0 Å². The summed E-state index contributed by atoms with van der Waals surface area (Å²) in [6, 6.07) is 16.3. The van der Waals surface area contributed by atoms with Crippen molar-refractivity contribution in [1.82, 2.24) is 24.9 Å². The molecule has 2 aromatic heterocycles. The van der Waals surface area contributed by atoms with Crippen LogP contribution in [0.5, 0.6) is 0 Å². The Morgan fingerprint density at radius 3 is 2.65 bits per heavy atom. The van der Waals surface area contributed by atoms with Crippen molar-refractivity contribution in [1.29, 1.82) is 5.53 Å². The molecule has 0 unspecified atom stereocenters. The second-order valence-electron chi connectivity index (χ2n) is 9.83. The highest BCUT2D eigenvalue weighted by atomic mass is 15.4. The minimum Gasteiger partial charge on any atom is -0.369 e. The number of fused-ring (bicyclic) bond motifs is 3. The molecule has 9 nitrogen and oxygen atoms in total. The number of hydrogen-bond acceptors (Lipinski definition) is 7. The molecule has 2 aromatic carbocycles. The molecule has 1 aliphatic rings. The maximum Gasteiger partial charge on any atom is 0.200 e. The number of anilines is 1. The van der Waals surface area contributed by atoms with Crippen LogP contribution < -0.4 is 5.32 Å². The molecule has 0 saturated carbocycles. The van der Waals surface area contributed by atoms with Crippen LogP contribution in [0.3, 0.4) is 0 Å². The average molecular weight is 498 g/mol. The van der Waals surface area contributed by atoms with Crippen molar-refractivity contribution in [2.75, 3.05) is 45.6 Å². The predicted octanol–water partition coefficient (Wildman–Crippen LogP) is 5.24. The second-order valence-corrected chi connectivity index (χ2v) is 9.83. The lowest BCUT2D eigenvalue weighted by Crippen LogP contribution is -2.31. The quantitative estimate of drug-likeness (QED) is 0.0963. The Morgan fingerprint density at radius 2 is 1.89 bits per heavy atom. The van der Waals surface area contributed by atoms with Crippen LogP contribution in [0.2, 0.25) is 0 Å². The Hall–Kier alpha value is -3.85. The number of amidine groups is 1. The number of hydrogen-bond donors (Lipinski definition) is 3. The van der Waals surface area contributed by atoms with E-state index in [1.54, 1.807) is 5.01 Å². The number of nitrogens with one attached hydrogen (secondary N) is 3. The monoisotopic (exact) mass is 497 g/mol. The number of aromatic nitrogens is 3. The van der Waals surface area contributed by atoms with E-state index in [2.05, 4.69) is 37.5 Å². The van der Waals surface area contributed by atoms with Gasteiger partial charge >= 0.3 is 0 Å². The summed E-state index contributed by atoms with van der Waals surface area (Å²) in [5, 5.41) is 15.3. The van der Waals surface area contributed by atoms with Crippen LogP contribution in [-0.2, 0) is 6.42 Å². The van der Waals surface area contributed by atoms with Gasteiger partial charge in [-0.1, -0.05) is 48.9 Å². The molecular weight excluding hydrogens is 462 g/mol. The average Bonchev–Trinajstić information content (AvgIpc) is 3.28. The molecule has 1 saturated heterocycles. The predicted molar refractivity (Wildman–Crippen MR) is 149 cm³/mol. The van der Waals surface area contributed by atoms with Crippen LogP contribution in [0.15, 0.2) is 58.7 Å².